The van der Waals surface area contributed by atoms with Crippen molar-refractivity contribution in [2.75, 3.05) is 4.90 Å². The predicted octanol–water partition coefficient (Wildman–Crippen LogP) is 14.7. The van der Waals surface area contributed by atoms with Gasteiger partial charge in [0, 0.05) is 33.6 Å². The molecule has 12 rings (SSSR count). The van der Waals surface area contributed by atoms with E-state index in [1.54, 1.807) is 0 Å². The van der Waals surface area contributed by atoms with Crippen LogP contribution in [0.1, 0.15) is 94.9 Å². The fraction of sp³-hybridized carbons (Fsp3) is 0.345. The van der Waals surface area contributed by atoms with E-state index < -0.39 is 0 Å². The van der Waals surface area contributed by atoms with E-state index in [-0.39, 0.29) is 16.2 Å². The van der Waals surface area contributed by atoms with E-state index in [0.29, 0.717) is 5.41 Å². The Bertz CT molecular complexity index is 2540. The van der Waals surface area contributed by atoms with Gasteiger partial charge >= 0.3 is 0 Å². The first-order valence-corrected chi connectivity index (χ1v) is 21.8. The molecule has 284 valence electrons. The highest BCUT2D eigenvalue weighted by molar-refractivity contribution is 5.81. The second-order valence-electron chi connectivity index (χ2n) is 20.2. The first-order valence-electron chi connectivity index (χ1n) is 21.8. The molecule has 5 aliphatic carbocycles. The van der Waals surface area contributed by atoms with Crippen LogP contribution in [-0.2, 0) is 16.2 Å². The summed E-state index contributed by atoms with van der Waals surface area (Å²) >= 11 is 0. The summed E-state index contributed by atoms with van der Waals surface area (Å²) in [6, 6.07) is 52.6. The molecule has 0 saturated heterocycles. The summed E-state index contributed by atoms with van der Waals surface area (Å²) in [6.45, 7) is 9.67. The van der Waals surface area contributed by atoms with Crippen molar-refractivity contribution in [2.24, 2.45) is 29.1 Å². The van der Waals surface area contributed by atoms with E-state index in [1.165, 1.54) is 95.1 Å². The van der Waals surface area contributed by atoms with Crippen molar-refractivity contribution < 1.29 is 4.74 Å². The average molecular weight is 744 g/mol. The van der Waals surface area contributed by atoms with Gasteiger partial charge in [-0.05, 0) is 167 Å². The van der Waals surface area contributed by atoms with Gasteiger partial charge in [0.15, 0.2) is 0 Å². The van der Waals surface area contributed by atoms with Crippen molar-refractivity contribution in [1.82, 2.24) is 0 Å². The maximum absolute atomic E-state index is 6.89. The van der Waals surface area contributed by atoms with Crippen molar-refractivity contribution >= 4 is 17.1 Å². The summed E-state index contributed by atoms with van der Waals surface area (Å²) in [5.74, 6) is 5.51. The number of fused-ring (bicyclic) bond motifs is 9. The molecule has 6 aromatic rings. The van der Waals surface area contributed by atoms with Crippen LogP contribution in [0.25, 0.3) is 22.3 Å². The number of nitrogens with zero attached hydrogens (tertiary/aromatic N) is 1. The monoisotopic (exact) mass is 743 g/mol. The minimum absolute atomic E-state index is 0.103. The zero-order chi connectivity index (χ0) is 38.3. The Morgan fingerprint density at radius 1 is 0.456 bits per heavy atom. The zero-order valence-electron chi connectivity index (χ0n) is 33.9. The molecule has 2 heteroatoms. The van der Waals surface area contributed by atoms with E-state index in [0.717, 1.165) is 46.5 Å². The number of hydrogen-bond acceptors (Lipinski definition) is 2. The SMILES string of the molecule is CC1(C)CCC(C)(C)c2cc(N(c3ccc(-c4ccccc4)cc3)c3ccc(-c4ccc5c(c4)Oc4ccccc4C54C5CC6CC7CC4C5(C6)C7)cc3)ccc21. The fourth-order valence-corrected chi connectivity index (χ4v) is 14.0. The van der Waals surface area contributed by atoms with Gasteiger partial charge in [0.1, 0.15) is 11.5 Å². The Balaban J connectivity index is 0.931. The molecular weight excluding hydrogens is 691 g/mol. The summed E-state index contributed by atoms with van der Waals surface area (Å²) in [6.07, 6.45) is 9.62. The molecule has 6 aliphatic rings. The van der Waals surface area contributed by atoms with Crippen LogP contribution < -0.4 is 9.64 Å². The lowest BCUT2D eigenvalue weighted by Crippen LogP contribution is -2.64. The second kappa shape index (κ2) is 11.8. The molecule has 4 atom stereocenters. The minimum atomic E-state index is 0.103. The molecule has 4 saturated carbocycles. The molecule has 3 bridgehead atoms. The second-order valence-corrected chi connectivity index (χ2v) is 20.2. The lowest BCUT2D eigenvalue weighted by atomic mass is 9.37. The quantitative estimate of drug-likeness (QED) is 0.174. The average Bonchev–Trinajstić information content (AvgIpc) is 3.63. The van der Waals surface area contributed by atoms with Crippen molar-refractivity contribution in [2.45, 2.75) is 88.9 Å². The smallest absolute Gasteiger partial charge is 0.132 e. The highest BCUT2D eigenvalue weighted by Gasteiger charge is 2.79. The molecule has 6 aromatic carbocycles. The third kappa shape index (κ3) is 4.71. The van der Waals surface area contributed by atoms with E-state index in [9.17, 15) is 0 Å². The highest BCUT2D eigenvalue weighted by Crippen LogP contribution is 2.84. The first kappa shape index (κ1) is 34.0. The van der Waals surface area contributed by atoms with Crippen LogP contribution in [0.5, 0.6) is 11.5 Å². The number of hydrogen-bond donors (Lipinski definition) is 0. The predicted molar refractivity (Wildman–Crippen MR) is 234 cm³/mol. The van der Waals surface area contributed by atoms with Gasteiger partial charge in [-0.3, -0.25) is 0 Å². The van der Waals surface area contributed by atoms with Gasteiger partial charge < -0.3 is 9.64 Å². The lowest BCUT2D eigenvalue weighted by molar-refractivity contribution is -0.0882. The maximum atomic E-state index is 6.89. The molecule has 4 fully saturated rings. The van der Waals surface area contributed by atoms with Crippen LogP contribution >= 0.6 is 0 Å². The van der Waals surface area contributed by atoms with Crippen molar-refractivity contribution in [3.05, 3.63) is 162 Å². The van der Waals surface area contributed by atoms with Crippen molar-refractivity contribution in [3.8, 4) is 33.8 Å². The largest absolute Gasteiger partial charge is 0.457 e. The Hall–Kier alpha value is -5.08. The molecular formula is C55H53NO. The van der Waals surface area contributed by atoms with Crippen molar-refractivity contribution in [1.29, 1.82) is 0 Å². The fourth-order valence-electron chi connectivity index (χ4n) is 14.0. The van der Waals surface area contributed by atoms with Crippen LogP contribution in [0.2, 0.25) is 0 Å². The summed E-state index contributed by atoms with van der Waals surface area (Å²) < 4.78 is 6.89. The Labute approximate surface area is 338 Å². The van der Waals surface area contributed by atoms with Gasteiger partial charge in [0.2, 0.25) is 0 Å². The minimum Gasteiger partial charge on any atom is -0.457 e. The molecule has 1 heterocycles. The zero-order valence-corrected chi connectivity index (χ0v) is 33.9. The van der Waals surface area contributed by atoms with Gasteiger partial charge in [0.25, 0.3) is 0 Å². The van der Waals surface area contributed by atoms with Crippen molar-refractivity contribution in [3.63, 3.8) is 0 Å². The maximum Gasteiger partial charge on any atom is 0.132 e. The Kier molecular flexibility index (Phi) is 7.01. The molecule has 1 aliphatic heterocycles. The molecule has 2 spiro atoms. The van der Waals surface area contributed by atoms with Gasteiger partial charge in [-0.2, -0.15) is 0 Å². The van der Waals surface area contributed by atoms with Crippen LogP contribution in [0.15, 0.2) is 140 Å². The molecule has 57 heavy (non-hydrogen) atoms. The van der Waals surface area contributed by atoms with Crippen LogP contribution in [0.3, 0.4) is 0 Å². The van der Waals surface area contributed by atoms with E-state index in [4.69, 9.17) is 4.74 Å². The van der Waals surface area contributed by atoms with Gasteiger partial charge in [0.05, 0.1) is 0 Å². The normalized spacial score (nSPS) is 28.8. The summed E-state index contributed by atoms with van der Waals surface area (Å²) in [4.78, 5) is 2.45. The number of ether oxygens (including phenoxy) is 1. The van der Waals surface area contributed by atoms with E-state index in [2.05, 4.69) is 172 Å². The first-order chi connectivity index (χ1) is 27.6. The Morgan fingerprint density at radius 3 is 1.67 bits per heavy atom. The van der Waals surface area contributed by atoms with Gasteiger partial charge in [-0.1, -0.05) is 119 Å². The van der Waals surface area contributed by atoms with Crippen LogP contribution in [0, 0.1) is 29.1 Å². The summed E-state index contributed by atoms with van der Waals surface area (Å²) in [5, 5.41) is 0. The number of para-hydroxylation sites is 1. The van der Waals surface area contributed by atoms with E-state index >= 15 is 0 Å². The van der Waals surface area contributed by atoms with Gasteiger partial charge in [-0.25, -0.2) is 0 Å². The molecule has 0 N–H and O–H groups in total. The highest BCUT2D eigenvalue weighted by atomic mass is 16.5. The third-order valence-corrected chi connectivity index (χ3v) is 16.4. The molecule has 4 unspecified atom stereocenters. The third-order valence-electron chi connectivity index (χ3n) is 16.4. The van der Waals surface area contributed by atoms with E-state index in [1.807, 2.05) is 0 Å². The summed E-state index contributed by atoms with van der Waals surface area (Å²) in [5.41, 5.74) is 15.3. The molecule has 2 nitrogen and oxygen atoms in total. The number of anilines is 3. The topological polar surface area (TPSA) is 12.5 Å². The number of rotatable bonds is 5. The van der Waals surface area contributed by atoms with Gasteiger partial charge in [-0.15, -0.1) is 0 Å². The lowest BCUT2D eigenvalue weighted by Gasteiger charge is -2.66. The number of benzene rings is 6. The Morgan fingerprint density at radius 2 is 0.982 bits per heavy atom. The molecule has 0 amide bonds. The standard InChI is InChI=1S/C55H53NO/c1-52(2)26-27-53(3,4)47-32-43(23-25-44(47)52)56(41-19-14-38(15-20-41)37-10-6-5-7-11-37)42-21-16-39(17-22-42)40-18-24-46-49(31-40)57-48-13-9-8-12-45(48)55(46)50-29-35-28-36-30-51(55)54(50,33-35)34-36/h5-25,31-32,35-36,50-51H,26-30,33-34H2,1-4H3. The van der Waals surface area contributed by atoms with Crippen LogP contribution in [0.4, 0.5) is 17.1 Å². The van der Waals surface area contributed by atoms with Crippen LogP contribution in [-0.4, -0.2) is 0 Å². The molecule has 0 aromatic heterocycles. The molecule has 0 radical (unpaired) electrons. The summed E-state index contributed by atoms with van der Waals surface area (Å²) in [7, 11) is 0.